The normalized spacial score (nSPS) is 12.2. The van der Waals surface area contributed by atoms with Crippen LogP contribution in [0.5, 0.6) is 0 Å². The highest BCUT2D eigenvalue weighted by molar-refractivity contribution is 7.89. The zero-order valence-electron chi connectivity index (χ0n) is 14.6. The summed E-state index contributed by atoms with van der Waals surface area (Å²) >= 11 is 0. The minimum Gasteiger partial charge on any atom is -0.467 e. The molecule has 1 atom stereocenters. The van der Waals surface area contributed by atoms with Crippen molar-refractivity contribution in [1.82, 2.24) is 10.0 Å². The van der Waals surface area contributed by atoms with Gasteiger partial charge < -0.3 is 15.2 Å². The maximum Gasteiger partial charge on any atom is 0.330 e. The second kappa shape index (κ2) is 9.26. The topological polar surface area (TPSA) is 122 Å². The Morgan fingerprint density at radius 2 is 1.81 bits per heavy atom. The molecule has 2 aromatic carbocycles. The van der Waals surface area contributed by atoms with Crippen LogP contribution in [0, 0.1) is 0 Å². The smallest absolute Gasteiger partial charge is 0.330 e. The van der Waals surface area contributed by atoms with Gasteiger partial charge in [0, 0.05) is 12.1 Å². The van der Waals surface area contributed by atoms with Crippen molar-refractivity contribution in [3.63, 3.8) is 0 Å². The van der Waals surface area contributed by atoms with E-state index in [2.05, 4.69) is 14.8 Å². The highest BCUT2D eigenvalue weighted by Crippen LogP contribution is 2.13. The van der Waals surface area contributed by atoms with Crippen LogP contribution < -0.4 is 10.0 Å². The minimum absolute atomic E-state index is 0.0277. The molecule has 0 fully saturated rings. The summed E-state index contributed by atoms with van der Waals surface area (Å²) in [5.41, 5.74) is 0.818. The van der Waals surface area contributed by atoms with Gasteiger partial charge in [0.25, 0.3) is 5.91 Å². The Balaban J connectivity index is 2.13. The second-order valence-electron chi connectivity index (χ2n) is 5.57. The molecule has 0 aromatic heterocycles. The fourth-order valence-electron chi connectivity index (χ4n) is 2.22. The van der Waals surface area contributed by atoms with Crippen LogP contribution in [0.2, 0.25) is 0 Å². The van der Waals surface area contributed by atoms with Gasteiger partial charge in [0.2, 0.25) is 10.0 Å². The molecule has 0 aliphatic rings. The van der Waals surface area contributed by atoms with E-state index in [0.29, 0.717) is 0 Å². The number of sulfonamides is 1. The van der Waals surface area contributed by atoms with E-state index in [1.807, 2.05) is 6.07 Å². The van der Waals surface area contributed by atoms with Gasteiger partial charge >= 0.3 is 5.97 Å². The molecule has 0 aliphatic heterocycles. The Morgan fingerprint density at radius 1 is 1.11 bits per heavy atom. The maximum atomic E-state index is 12.5. The van der Waals surface area contributed by atoms with Gasteiger partial charge in [-0.05, 0) is 23.8 Å². The predicted molar refractivity (Wildman–Crippen MR) is 97.3 cm³/mol. The third-order valence-electron chi connectivity index (χ3n) is 3.69. The standard InChI is InChI=1S/C18H20N2O6S/c1-26-18(23)16(12-21)20-17(22)14-8-5-9-15(10-14)27(24,25)19-11-13-6-3-2-4-7-13/h2-10,16,19,21H,11-12H2,1H3,(H,20,22)/t16-/m1/s1. The van der Waals surface area contributed by atoms with Crippen LogP contribution in [-0.4, -0.2) is 45.2 Å². The minimum atomic E-state index is -3.84. The summed E-state index contributed by atoms with van der Waals surface area (Å²) in [6, 6.07) is 13.1. The molecule has 2 rings (SSSR count). The second-order valence-corrected chi connectivity index (χ2v) is 7.34. The number of benzene rings is 2. The molecule has 2 aromatic rings. The first-order valence-corrected chi connectivity index (χ1v) is 9.49. The highest BCUT2D eigenvalue weighted by Gasteiger charge is 2.22. The van der Waals surface area contributed by atoms with Crippen molar-refractivity contribution in [3.8, 4) is 0 Å². The van der Waals surface area contributed by atoms with E-state index in [9.17, 15) is 18.0 Å². The molecule has 9 heteroatoms. The number of esters is 1. The van der Waals surface area contributed by atoms with Crippen LogP contribution in [0.3, 0.4) is 0 Å². The summed E-state index contributed by atoms with van der Waals surface area (Å²) in [4.78, 5) is 23.6. The van der Waals surface area contributed by atoms with Gasteiger partial charge in [-0.25, -0.2) is 17.9 Å². The zero-order valence-corrected chi connectivity index (χ0v) is 15.4. The highest BCUT2D eigenvalue weighted by atomic mass is 32.2. The van der Waals surface area contributed by atoms with Gasteiger partial charge in [0.15, 0.2) is 6.04 Å². The molecule has 0 unspecified atom stereocenters. The van der Waals surface area contributed by atoms with Gasteiger partial charge in [0.05, 0.1) is 18.6 Å². The first-order valence-electron chi connectivity index (χ1n) is 8.00. The molecule has 27 heavy (non-hydrogen) atoms. The Kier molecular flexibility index (Phi) is 7.05. The number of methoxy groups -OCH3 is 1. The number of nitrogens with one attached hydrogen (secondary N) is 2. The lowest BCUT2D eigenvalue weighted by atomic mass is 10.2. The first kappa shape index (κ1) is 20.6. The van der Waals surface area contributed by atoms with E-state index in [-0.39, 0.29) is 17.0 Å². The third-order valence-corrected chi connectivity index (χ3v) is 5.09. The monoisotopic (exact) mass is 392 g/mol. The predicted octanol–water partition coefficient (Wildman–Crippen LogP) is 0.429. The van der Waals surface area contributed by atoms with E-state index >= 15 is 0 Å². The molecule has 0 spiro atoms. The average molecular weight is 392 g/mol. The molecule has 0 saturated carbocycles. The summed E-state index contributed by atoms with van der Waals surface area (Å²) in [5, 5.41) is 11.5. The number of rotatable bonds is 8. The van der Waals surface area contributed by atoms with E-state index in [0.717, 1.165) is 12.7 Å². The van der Waals surface area contributed by atoms with Crippen molar-refractivity contribution < 1.29 is 27.9 Å². The number of ether oxygens (including phenoxy) is 1. The Bertz CT molecular complexity index is 899. The van der Waals surface area contributed by atoms with Gasteiger partial charge in [-0.15, -0.1) is 0 Å². The summed E-state index contributed by atoms with van der Waals surface area (Å²) in [6.45, 7) is -0.538. The molecule has 1 amide bonds. The lowest BCUT2D eigenvalue weighted by Crippen LogP contribution is -2.44. The van der Waals surface area contributed by atoms with Gasteiger partial charge in [-0.1, -0.05) is 36.4 Å². The quantitative estimate of drug-likeness (QED) is 0.560. The van der Waals surface area contributed by atoms with Crippen LogP contribution in [0.4, 0.5) is 0 Å². The number of hydrogen-bond donors (Lipinski definition) is 3. The fraction of sp³-hybridized carbons (Fsp3) is 0.222. The average Bonchev–Trinajstić information content (AvgIpc) is 2.70. The first-order chi connectivity index (χ1) is 12.9. The number of aliphatic hydroxyl groups excluding tert-OH is 1. The summed E-state index contributed by atoms with van der Waals surface area (Å²) in [6.07, 6.45) is 0. The number of carbonyl (C=O) groups is 2. The number of carbonyl (C=O) groups excluding carboxylic acids is 2. The zero-order chi connectivity index (χ0) is 19.9. The maximum absolute atomic E-state index is 12.5. The lowest BCUT2D eigenvalue weighted by molar-refractivity contribution is -0.143. The van der Waals surface area contributed by atoms with Crippen molar-refractivity contribution in [3.05, 3.63) is 65.7 Å². The molecule has 3 N–H and O–H groups in total. The molecule has 0 bridgehead atoms. The van der Waals surface area contributed by atoms with E-state index < -0.39 is 34.5 Å². The molecular formula is C18H20N2O6S. The lowest BCUT2D eigenvalue weighted by Gasteiger charge is -2.14. The Hall–Kier alpha value is -2.75. The molecule has 8 nitrogen and oxygen atoms in total. The molecular weight excluding hydrogens is 372 g/mol. The third kappa shape index (κ3) is 5.61. The SMILES string of the molecule is COC(=O)[C@@H](CO)NC(=O)c1cccc(S(=O)(=O)NCc2ccccc2)c1. The molecule has 0 radical (unpaired) electrons. The van der Waals surface area contributed by atoms with E-state index in [1.165, 1.54) is 24.3 Å². The van der Waals surface area contributed by atoms with Crippen molar-refractivity contribution in [2.45, 2.75) is 17.5 Å². The largest absolute Gasteiger partial charge is 0.467 e. The van der Waals surface area contributed by atoms with Crippen LogP contribution in [0.15, 0.2) is 59.5 Å². The van der Waals surface area contributed by atoms with E-state index in [4.69, 9.17) is 5.11 Å². The van der Waals surface area contributed by atoms with Crippen molar-refractivity contribution in [1.29, 1.82) is 0 Å². The number of hydrogen-bond acceptors (Lipinski definition) is 6. The van der Waals surface area contributed by atoms with Gasteiger partial charge in [-0.3, -0.25) is 4.79 Å². The number of amides is 1. The van der Waals surface area contributed by atoms with Crippen LogP contribution >= 0.6 is 0 Å². The molecule has 0 saturated heterocycles. The van der Waals surface area contributed by atoms with Gasteiger partial charge in [-0.2, -0.15) is 0 Å². The molecule has 0 aliphatic carbocycles. The molecule has 0 heterocycles. The fourth-order valence-corrected chi connectivity index (χ4v) is 3.29. The van der Waals surface area contributed by atoms with Crippen molar-refractivity contribution in [2.75, 3.05) is 13.7 Å². The van der Waals surface area contributed by atoms with Crippen LogP contribution in [0.25, 0.3) is 0 Å². The summed E-state index contributed by atoms with van der Waals surface area (Å²) in [7, 11) is -2.71. The molecule has 144 valence electrons. The van der Waals surface area contributed by atoms with Crippen molar-refractivity contribution in [2.24, 2.45) is 0 Å². The van der Waals surface area contributed by atoms with Gasteiger partial charge in [0.1, 0.15) is 0 Å². The summed E-state index contributed by atoms with van der Waals surface area (Å²) in [5.74, 6) is -1.52. The number of aliphatic hydroxyl groups is 1. The van der Waals surface area contributed by atoms with E-state index in [1.54, 1.807) is 24.3 Å². The Morgan fingerprint density at radius 3 is 2.44 bits per heavy atom. The summed E-state index contributed by atoms with van der Waals surface area (Å²) < 4.78 is 31.8. The Labute approximate surface area is 157 Å². The van der Waals surface area contributed by atoms with Crippen molar-refractivity contribution >= 4 is 21.9 Å². The van der Waals surface area contributed by atoms with Crippen LogP contribution in [-0.2, 0) is 26.1 Å². The van der Waals surface area contributed by atoms with Crippen LogP contribution in [0.1, 0.15) is 15.9 Å².